The van der Waals surface area contributed by atoms with Crippen LogP contribution in [0.3, 0.4) is 0 Å². The topological polar surface area (TPSA) is 37.3 Å². The average Bonchev–Trinajstić information content (AvgIpc) is 2.05. The maximum Gasteiger partial charge on any atom is 0.0833 e. The van der Waals surface area contributed by atoms with Gasteiger partial charge in [-0.3, -0.25) is 4.98 Å². The lowest BCUT2D eigenvalue weighted by Crippen LogP contribution is -2.03. The van der Waals surface area contributed by atoms with Crippen LogP contribution >= 0.6 is 0 Å². The Morgan fingerprint density at radius 2 is 2.42 bits per heavy atom. The van der Waals surface area contributed by atoms with Crippen molar-refractivity contribution in [1.29, 1.82) is 0 Å². The van der Waals surface area contributed by atoms with Crippen LogP contribution in [0.1, 0.15) is 18.3 Å². The molecule has 0 aliphatic carbocycles. The Balaban J connectivity index is 2.63. The molecule has 0 bridgehead atoms. The predicted octanol–water partition coefficient (Wildman–Crippen LogP) is 1.33. The molecule has 3 nitrogen and oxygen atoms in total. The van der Waals surface area contributed by atoms with Gasteiger partial charge in [-0.05, 0) is 26.0 Å². The molecule has 1 aromatic rings. The van der Waals surface area contributed by atoms with Crippen molar-refractivity contribution in [1.82, 2.24) is 10.4 Å². The number of nitrogens with one attached hydrogen (secondary N) is 1. The minimum Gasteiger partial charge on any atom is -0.310 e. The van der Waals surface area contributed by atoms with Crippen LogP contribution in [0.2, 0.25) is 0 Å². The Bertz CT molecular complexity index is 268. The van der Waals surface area contributed by atoms with Gasteiger partial charge in [0.25, 0.3) is 0 Å². The Kier molecular flexibility index (Phi) is 3.26. The summed E-state index contributed by atoms with van der Waals surface area (Å²) in [5.41, 5.74) is 4.74. The highest BCUT2D eigenvalue weighted by atomic mass is 15.3. The summed E-state index contributed by atoms with van der Waals surface area (Å²) in [4.78, 5) is 4.26. The fourth-order valence-electron chi connectivity index (χ4n) is 0.839. The SMILES string of the molecule is CCN/N=C/c1cccc(C)n1. The summed E-state index contributed by atoms with van der Waals surface area (Å²) in [7, 11) is 0. The molecule has 0 aromatic carbocycles. The number of pyridine rings is 1. The van der Waals surface area contributed by atoms with Gasteiger partial charge in [-0.15, -0.1) is 0 Å². The Labute approximate surface area is 72.5 Å². The molecule has 3 heteroatoms. The first kappa shape index (κ1) is 8.71. The lowest BCUT2D eigenvalue weighted by molar-refractivity contribution is 0.787. The number of rotatable bonds is 3. The molecule has 0 amide bonds. The van der Waals surface area contributed by atoms with Gasteiger partial charge in [0.05, 0.1) is 11.9 Å². The van der Waals surface area contributed by atoms with Gasteiger partial charge in [-0.25, -0.2) is 0 Å². The van der Waals surface area contributed by atoms with Crippen molar-refractivity contribution in [3.8, 4) is 0 Å². The number of aryl methyl sites for hydroxylation is 1. The van der Waals surface area contributed by atoms with Crippen LogP contribution in [0.5, 0.6) is 0 Å². The zero-order valence-electron chi connectivity index (χ0n) is 7.41. The van der Waals surface area contributed by atoms with E-state index in [4.69, 9.17) is 0 Å². The Morgan fingerprint density at radius 3 is 3.08 bits per heavy atom. The second kappa shape index (κ2) is 4.49. The fraction of sp³-hybridized carbons (Fsp3) is 0.333. The third-order valence-corrected chi connectivity index (χ3v) is 1.36. The second-order valence-electron chi connectivity index (χ2n) is 2.47. The minimum absolute atomic E-state index is 0.836. The number of hydrazone groups is 1. The van der Waals surface area contributed by atoms with Crippen LogP contribution in [-0.2, 0) is 0 Å². The standard InChI is InChI=1S/C9H13N3/c1-3-10-11-7-9-6-4-5-8(2)12-9/h4-7,10H,3H2,1-2H3/b11-7+. The quantitative estimate of drug-likeness (QED) is 0.539. The van der Waals surface area contributed by atoms with Gasteiger partial charge >= 0.3 is 0 Å². The molecule has 0 unspecified atom stereocenters. The van der Waals surface area contributed by atoms with Crippen LogP contribution in [0, 0.1) is 6.92 Å². The molecule has 0 aliphatic heterocycles. The summed E-state index contributed by atoms with van der Waals surface area (Å²) in [6, 6.07) is 5.86. The van der Waals surface area contributed by atoms with E-state index in [1.54, 1.807) is 6.21 Å². The van der Waals surface area contributed by atoms with Crippen molar-refractivity contribution in [2.24, 2.45) is 5.10 Å². The van der Waals surface area contributed by atoms with Crippen molar-refractivity contribution in [3.05, 3.63) is 29.6 Å². The Hall–Kier alpha value is -1.38. The zero-order chi connectivity index (χ0) is 8.81. The summed E-state index contributed by atoms with van der Waals surface area (Å²) in [5, 5.41) is 3.96. The van der Waals surface area contributed by atoms with E-state index in [2.05, 4.69) is 15.5 Å². The maximum absolute atomic E-state index is 4.26. The van der Waals surface area contributed by atoms with E-state index in [9.17, 15) is 0 Å². The van der Waals surface area contributed by atoms with Crippen molar-refractivity contribution < 1.29 is 0 Å². The van der Waals surface area contributed by atoms with E-state index in [0.29, 0.717) is 0 Å². The van der Waals surface area contributed by atoms with Crippen molar-refractivity contribution in [3.63, 3.8) is 0 Å². The molecular weight excluding hydrogens is 150 g/mol. The molecule has 1 rings (SSSR count). The summed E-state index contributed by atoms with van der Waals surface area (Å²) in [5.74, 6) is 0. The molecule has 64 valence electrons. The monoisotopic (exact) mass is 163 g/mol. The molecule has 1 N–H and O–H groups in total. The third-order valence-electron chi connectivity index (χ3n) is 1.36. The average molecular weight is 163 g/mol. The summed E-state index contributed by atoms with van der Waals surface area (Å²) in [6.45, 7) is 4.80. The van der Waals surface area contributed by atoms with Gasteiger partial charge in [0.1, 0.15) is 0 Å². The van der Waals surface area contributed by atoms with Gasteiger partial charge in [0, 0.05) is 12.2 Å². The van der Waals surface area contributed by atoms with Crippen LogP contribution in [0.4, 0.5) is 0 Å². The molecule has 0 fully saturated rings. The molecule has 0 atom stereocenters. The smallest absolute Gasteiger partial charge is 0.0833 e. The molecule has 0 spiro atoms. The number of hydrogen-bond donors (Lipinski definition) is 1. The summed E-state index contributed by atoms with van der Waals surface area (Å²) >= 11 is 0. The van der Waals surface area contributed by atoms with Crippen LogP contribution in [0.25, 0.3) is 0 Å². The van der Waals surface area contributed by atoms with E-state index in [-0.39, 0.29) is 0 Å². The van der Waals surface area contributed by atoms with Crippen molar-refractivity contribution in [2.45, 2.75) is 13.8 Å². The van der Waals surface area contributed by atoms with Gasteiger partial charge in [-0.2, -0.15) is 5.10 Å². The maximum atomic E-state index is 4.26. The lowest BCUT2D eigenvalue weighted by atomic mass is 10.3. The molecule has 0 saturated carbocycles. The van der Waals surface area contributed by atoms with Crippen molar-refractivity contribution >= 4 is 6.21 Å². The van der Waals surface area contributed by atoms with Crippen molar-refractivity contribution in [2.75, 3.05) is 6.54 Å². The Morgan fingerprint density at radius 1 is 1.58 bits per heavy atom. The minimum atomic E-state index is 0.836. The molecule has 0 radical (unpaired) electrons. The number of hydrogen-bond acceptors (Lipinski definition) is 3. The second-order valence-corrected chi connectivity index (χ2v) is 2.47. The van der Waals surface area contributed by atoms with Crippen LogP contribution < -0.4 is 5.43 Å². The van der Waals surface area contributed by atoms with Gasteiger partial charge in [0.15, 0.2) is 0 Å². The highest BCUT2D eigenvalue weighted by Gasteiger charge is 1.87. The van der Waals surface area contributed by atoms with Gasteiger partial charge < -0.3 is 5.43 Å². The molecule has 0 saturated heterocycles. The van der Waals surface area contributed by atoms with Gasteiger partial charge in [-0.1, -0.05) is 6.07 Å². The molecule has 1 heterocycles. The van der Waals surface area contributed by atoms with E-state index >= 15 is 0 Å². The van der Waals surface area contributed by atoms with E-state index in [0.717, 1.165) is 17.9 Å². The number of nitrogens with zero attached hydrogens (tertiary/aromatic N) is 2. The summed E-state index contributed by atoms with van der Waals surface area (Å²) < 4.78 is 0. The highest BCUT2D eigenvalue weighted by molar-refractivity contribution is 5.76. The van der Waals surface area contributed by atoms with E-state index in [1.165, 1.54) is 0 Å². The first-order valence-corrected chi connectivity index (χ1v) is 4.02. The van der Waals surface area contributed by atoms with E-state index in [1.807, 2.05) is 32.0 Å². The van der Waals surface area contributed by atoms with E-state index < -0.39 is 0 Å². The molecule has 12 heavy (non-hydrogen) atoms. The largest absolute Gasteiger partial charge is 0.310 e. The normalized spacial score (nSPS) is 10.5. The summed E-state index contributed by atoms with van der Waals surface area (Å²) in [6.07, 6.45) is 1.72. The van der Waals surface area contributed by atoms with Crippen LogP contribution in [0.15, 0.2) is 23.3 Å². The molecular formula is C9H13N3. The lowest BCUT2D eigenvalue weighted by Gasteiger charge is -1.94. The van der Waals surface area contributed by atoms with Gasteiger partial charge in [0.2, 0.25) is 0 Å². The molecule has 0 aliphatic rings. The van der Waals surface area contributed by atoms with Crippen LogP contribution in [-0.4, -0.2) is 17.7 Å². The zero-order valence-corrected chi connectivity index (χ0v) is 7.41. The fourth-order valence-corrected chi connectivity index (χ4v) is 0.839. The molecule has 1 aromatic heterocycles. The third kappa shape index (κ3) is 2.70. The number of aromatic nitrogens is 1. The predicted molar refractivity (Wildman–Crippen MR) is 50.2 cm³/mol. The first-order valence-electron chi connectivity index (χ1n) is 4.02. The highest BCUT2D eigenvalue weighted by Crippen LogP contribution is 1.94. The first-order chi connectivity index (χ1) is 5.83.